The van der Waals surface area contributed by atoms with Crippen molar-refractivity contribution in [1.29, 1.82) is 0 Å². The number of anilines is 1. The van der Waals surface area contributed by atoms with Crippen molar-refractivity contribution in [3.63, 3.8) is 0 Å². The summed E-state index contributed by atoms with van der Waals surface area (Å²) in [6, 6.07) is 17.1. The van der Waals surface area contributed by atoms with Crippen LogP contribution in [0.25, 0.3) is 22.3 Å². The highest BCUT2D eigenvalue weighted by molar-refractivity contribution is 5.84. The zero-order chi connectivity index (χ0) is 33.2. The summed E-state index contributed by atoms with van der Waals surface area (Å²) in [5, 5.41) is 40.1. The van der Waals surface area contributed by atoms with Crippen molar-refractivity contribution in [1.82, 2.24) is 35.1 Å². The first-order chi connectivity index (χ1) is 22.7. The molecule has 2 aliphatic rings. The molecule has 0 spiro atoms. The van der Waals surface area contributed by atoms with Crippen LogP contribution in [0.3, 0.4) is 0 Å². The van der Waals surface area contributed by atoms with Gasteiger partial charge in [0.25, 0.3) is 0 Å². The molecule has 6 rings (SSSR count). The molecule has 13 heteroatoms. The lowest BCUT2D eigenvalue weighted by Crippen LogP contribution is -2.44. The number of urea groups is 1. The zero-order valence-corrected chi connectivity index (χ0v) is 27.2. The van der Waals surface area contributed by atoms with Gasteiger partial charge >= 0.3 is 6.03 Å². The Morgan fingerprint density at radius 3 is 2.23 bits per heavy atom. The number of aliphatic hydroxyl groups is 3. The minimum Gasteiger partial charge on any atom is -0.394 e. The maximum Gasteiger partial charge on any atom is 0.315 e. The minimum atomic E-state index is -1.31. The molecule has 4 unspecified atom stereocenters. The first-order valence-corrected chi connectivity index (χ1v) is 16.2. The number of fused-ring (bicyclic) bond motifs is 4. The van der Waals surface area contributed by atoms with Gasteiger partial charge in [0.2, 0.25) is 0 Å². The van der Waals surface area contributed by atoms with Gasteiger partial charge in [0.1, 0.15) is 18.3 Å². The number of ether oxygens (including phenoxy) is 1. The summed E-state index contributed by atoms with van der Waals surface area (Å²) in [4.78, 5) is 29.1. The van der Waals surface area contributed by atoms with E-state index in [-0.39, 0.29) is 18.5 Å². The minimum absolute atomic E-state index is 0.0325. The number of imidazole rings is 1. The highest BCUT2D eigenvalue weighted by Crippen LogP contribution is 2.44. The molecule has 1 aliphatic heterocycles. The molecule has 4 atom stereocenters. The number of carbonyl (C=O) groups excluding carboxylic acids is 1. The van der Waals surface area contributed by atoms with Crippen LogP contribution in [0, 0.1) is 0 Å². The van der Waals surface area contributed by atoms with Gasteiger partial charge in [-0.25, -0.2) is 19.7 Å². The van der Waals surface area contributed by atoms with Gasteiger partial charge in [0.05, 0.1) is 19.5 Å². The van der Waals surface area contributed by atoms with Crippen LogP contribution >= 0.6 is 0 Å². The van der Waals surface area contributed by atoms with Crippen LogP contribution < -0.4 is 16.0 Å². The van der Waals surface area contributed by atoms with E-state index >= 15 is 0 Å². The number of rotatable bonds is 12. The normalized spacial score (nSPS) is 20.7. The number of aliphatic hydroxyl groups excluding tert-OH is 3. The molecular weight excluding hydrogens is 600 g/mol. The molecule has 1 aliphatic carbocycles. The molecule has 1 fully saturated rings. The Balaban J connectivity index is 1.25. The lowest BCUT2D eigenvalue weighted by atomic mass is 9.97. The van der Waals surface area contributed by atoms with Crippen molar-refractivity contribution in [2.24, 2.45) is 0 Å². The maximum absolute atomic E-state index is 12.8. The van der Waals surface area contributed by atoms with E-state index in [1.165, 1.54) is 33.1 Å². The third-order valence-corrected chi connectivity index (χ3v) is 9.08. The molecular formula is C34H44N8O5. The number of hydrogen-bond donors (Lipinski definition) is 6. The van der Waals surface area contributed by atoms with Gasteiger partial charge in [0.15, 0.2) is 29.0 Å². The molecule has 250 valence electrons. The summed E-state index contributed by atoms with van der Waals surface area (Å²) >= 11 is 0. The van der Waals surface area contributed by atoms with Crippen LogP contribution in [0.15, 0.2) is 54.9 Å². The zero-order valence-electron chi connectivity index (χ0n) is 27.2. The molecule has 47 heavy (non-hydrogen) atoms. The van der Waals surface area contributed by atoms with E-state index in [1.54, 1.807) is 0 Å². The number of carbonyl (C=O) groups is 1. The fraction of sp³-hybridized carbons (Fsp3) is 0.471. The molecule has 2 aromatic heterocycles. The van der Waals surface area contributed by atoms with E-state index in [0.717, 1.165) is 6.54 Å². The Labute approximate surface area is 274 Å². The van der Waals surface area contributed by atoms with Crippen molar-refractivity contribution in [3.05, 3.63) is 71.8 Å². The average molecular weight is 645 g/mol. The first-order valence-electron chi connectivity index (χ1n) is 16.2. The summed E-state index contributed by atoms with van der Waals surface area (Å²) < 4.78 is 7.32. The van der Waals surface area contributed by atoms with Gasteiger partial charge in [-0.3, -0.25) is 9.47 Å². The van der Waals surface area contributed by atoms with Crippen molar-refractivity contribution >= 4 is 23.0 Å². The van der Waals surface area contributed by atoms with Crippen LogP contribution in [-0.2, 0) is 11.3 Å². The monoisotopic (exact) mass is 644 g/mol. The van der Waals surface area contributed by atoms with E-state index in [9.17, 15) is 20.1 Å². The lowest BCUT2D eigenvalue weighted by Gasteiger charge is -2.30. The fourth-order valence-electron chi connectivity index (χ4n) is 6.77. The van der Waals surface area contributed by atoms with Gasteiger partial charge in [-0.2, -0.15) is 0 Å². The number of benzene rings is 2. The van der Waals surface area contributed by atoms with E-state index < -0.39 is 31.1 Å². The Hall–Kier alpha value is -4.14. The Morgan fingerprint density at radius 1 is 0.957 bits per heavy atom. The molecule has 13 nitrogen and oxygen atoms in total. The average Bonchev–Trinajstić information content (AvgIpc) is 3.72. The Bertz CT molecular complexity index is 1660. The quantitative estimate of drug-likeness (QED) is 0.135. The topological polar surface area (TPSA) is 170 Å². The lowest BCUT2D eigenvalue weighted by molar-refractivity contribution is -0.0511. The second-order valence-corrected chi connectivity index (χ2v) is 12.7. The van der Waals surface area contributed by atoms with Crippen LogP contribution in [0.1, 0.15) is 56.8 Å². The highest BCUT2D eigenvalue weighted by Gasteiger charge is 2.44. The van der Waals surface area contributed by atoms with Crippen molar-refractivity contribution in [3.8, 4) is 11.1 Å². The number of amides is 2. The number of nitrogens with zero attached hydrogens (tertiary/aromatic N) is 5. The van der Waals surface area contributed by atoms with E-state index in [2.05, 4.69) is 77.8 Å². The van der Waals surface area contributed by atoms with E-state index in [4.69, 9.17) is 14.7 Å². The van der Waals surface area contributed by atoms with Crippen molar-refractivity contribution in [2.75, 3.05) is 31.6 Å². The summed E-state index contributed by atoms with van der Waals surface area (Å²) in [5.41, 5.74) is 5.64. The van der Waals surface area contributed by atoms with Gasteiger partial charge in [0, 0.05) is 37.6 Å². The number of aromatic nitrogens is 4. The Kier molecular flexibility index (Phi) is 9.71. The molecule has 1 saturated heterocycles. The number of hydrogen-bond acceptors (Lipinski definition) is 10. The van der Waals surface area contributed by atoms with Crippen molar-refractivity contribution < 1.29 is 24.9 Å². The largest absolute Gasteiger partial charge is 0.394 e. The van der Waals surface area contributed by atoms with Crippen LogP contribution in [0.5, 0.6) is 0 Å². The third kappa shape index (κ3) is 6.54. The highest BCUT2D eigenvalue weighted by atomic mass is 16.6. The Morgan fingerprint density at radius 2 is 1.62 bits per heavy atom. The van der Waals surface area contributed by atoms with Crippen molar-refractivity contribution in [2.45, 2.75) is 76.8 Å². The number of nitrogens with one attached hydrogen (secondary N) is 3. The van der Waals surface area contributed by atoms with E-state index in [0.29, 0.717) is 48.0 Å². The molecule has 3 heterocycles. The summed E-state index contributed by atoms with van der Waals surface area (Å²) in [6.07, 6.45) is -3.11. The van der Waals surface area contributed by atoms with Crippen LogP contribution in [-0.4, -0.2) is 102 Å². The van der Waals surface area contributed by atoms with E-state index in [1.807, 2.05) is 24.3 Å². The summed E-state index contributed by atoms with van der Waals surface area (Å²) in [5.74, 6) is 0.851. The van der Waals surface area contributed by atoms with Crippen LogP contribution in [0.4, 0.5) is 10.6 Å². The summed E-state index contributed by atoms with van der Waals surface area (Å²) in [6.45, 7) is 9.84. The molecule has 0 radical (unpaired) electrons. The summed E-state index contributed by atoms with van der Waals surface area (Å²) in [7, 11) is 0. The standard InChI is InChI=1S/C34H44N8O5/c1-19(2)41(20(3)4)14-13-35-34(46)37-16-27-39-31(28-32(40-27)42(18-38-28)33-30(45)29(44)26(17-43)47-33)36-15-25-23-11-7-5-9-21(23)22-10-6-8-12-24(22)25/h5-12,18-20,25-26,29-30,33,43-45H,13-17H2,1-4H3,(H2,35,37,46)(H,36,39,40). The fourth-order valence-corrected chi connectivity index (χ4v) is 6.77. The molecule has 4 aromatic rings. The second kappa shape index (κ2) is 13.9. The van der Waals surface area contributed by atoms with Gasteiger partial charge in [-0.1, -0.05) is 48.5 Å². The maximum atomic E-state index is 12.8. The van der Waals surface area contributed by atoms with Gasteiger partial charge < -0.3 is 36.0 Å². The molecule has 0 saturated carbocycles. The first kappa shape index (κ1) is 32.8. The third-order valence-electron chi connectivity index (χ3n) is 9.08. The molecule has 0 bridgehead atoms. The SMILES string of the molecule is CC(C)N(CCNC(=O)NCc1nc(NCC2c3ccccc3-c3ccccc32)c2ncn(C3OC(CO)C(O)C3O)c2n1)C(C)C. The molecule has 6 N–H and O–H groups in total. The van der Waals surface area contributed by atoms with Gasteiger partial charge in [-0.15, -0.1) is 0 Å². The smallest absolute Gasteiger partial charge is 0.315 e. The molecule has 2 amide bonds. The van der Waals surface area contributed by atoms with Crippen LogP contribution in [0.2, 0.25) is 0 Å². The predicted molar refractivity (Wildman–Crippen MR) is 178 cm³/mol. The van der Waals surface area contributed by atoms with Gasteiger partial charge in [-0.05, 0) is 49.9 Å². The second-order valence-electron chi connectivity index (χ2n) is 12.7. The molecule has 2 aromatic carbocycles. The predicted octanol–water partition coefficient (Wildman–Crippen LogP) is 2.58.